The summed E-state index contributed by atoms with van der Waals surface area (Å²) in [6, 6.07) is 7.16. The van der Waals surface area contributed by atoms with Crippen molar-refractivity contribution in [2.45, 2.75) is 6.92 Å². The molecular weight excluding hydrogens is 342 g/mol. The van der Waals surface area contributed by atoms with E-state index in [1.165, 1.54) is 0 Å². The predicted molar refractivity (Wildman–Crippen MR) is 83.0 cm³/mol. The largest absolute Gasteiger partial charge is 0.306 e. The Morgan fingerprint density at radius 3 is 2.80 bits per heavy atom. The molecule has 2 aromatic heterocycles. The molecule has 100 valence electrons. The molecule has 0 bridgehead atoms. The molecular formula is C14H9BrClN3O. The maximum atomic E-state index is 12.2. The lowest BCUT2D eigenvalue weighted by Gasteiger charge is -2.06. The Labute approximate surface area is 128 Å². The minimum absolute atomic E-state index is 0.222. The molecule has 6 heteroatoms. The van der Waals surface area contributed by atoms with Crippen molar-refractivity contribution in [3.63, 3.8) is 0 Å². The van der Waals surface area contributed by atoms with Crippen molar-refractivity contribution in [3.8, 4) is 11.1 Å². The van der Waals surface area contributed by atoms with Crippen LogP contribution in [0.4, 0.5) is 0 Å². The van der Waals surface area contributed by atoms with Gasteiger partial charge in [0.15, 0.2) is 0 Å². The van der Waals surface area contributed by atoms with Crippen LogP contribution in [-0.4, -0.2) is 15.0 Å². The molecule has 0 aliphatic heterocycles. The van der Waals surface area contributed by atoms with Gasteiger partial charge in [-0.2, -0.15) is 0 Å². The van der Waals surface area contributed by atoms with Gasteiger partial charge in [-0.15, -0.1) is 0 Å². The van der Waals surface area contributed by atoms with E-state index in [1.54, 1.807) is 31.3 Å². The van der Waals surface area contributed by atoms with Gasteiger partial charge in [0.1, 0.15) is 11.5 Å². The van der Waals surface area contributed by atoms with Crippen molar-refractivity contribution < 1.29 is 0 Å². The molecule has 20 heavy (non-hydrogen) atoms. The Morgan fingerprint density at radius 1 is 1.25 bits per heavy atom. The van der Waals surface area contributed by atoms with Gasteiger partial charge >= 0.3 is 0 Å². The average molecular weight is 351 g/mol. The summed E-state index contributed by atoms with van der Waals surface area (Å²) in [5.74, 6) is 0.613. The molecule has 0 spiro atoms. The van der Waals surface area contributed by atoms with Gasteiger partial charge in [0.05, 0.1) is 0 Å². The van der Waals surface area contributed by atoms with E-state index in [2.05, 4.69) is 30.9 Å². The topological polar surface area (TPSA) is 58.6 Å². The number of hydrogen-bond donors (Lipinski definition) is 1. The van der Waals surface area contributed by atoms with Crippen LogP contribution in [-0.2, 0) is 0 Å². The summed E-state index contributed by atoms with van der Waals surface area (Å²) < 4.78 is 0.863. The van der Waals surface area contributed by atoms with E-state index >= 15 is 0 Å². The monoisotopic (exact) mass is 349 g/mol. The minimum Gasteiger partial charge on any atom is -0.306 e. The first-order valence-electron chi connectivity index (χ1n) is 5.87. The maximum absolute atomic E-state index is 12.2. The molecule has 0 radical (unpaired) electrons. The molecule has 4 nitrogen and oxygen atoms in total. The lowest BCUT2D eigenvalue weighted by atomic mass is 10.1. The lowest BCUT2D eigenvalue weighted by molar-refractivity contribution is 1.07. The zero-order chi connectivity index (χ0) is 14.3. The number of aromatic amines is 1. The van der Waals surface area contributed by atoms with Gasteiger partial charge in [-0.1, -0.05) is 33.6 Å². The molecule has 0 saturated heterocycles. The molecule has 0 aliphatic carbocycles. The van der Waals surface area contributed by atoms with Gasteiger partial charge in [-0.3, -0.25) is 4.79 Å². The quantitative estimate of drug-likeness (QED) is 0.728. The van der Waals surface area contributed by atoms with Crippen LogP contribution in [0, 0.1) is 6.92 Å². The highest BCUT2D eigenvalue weighted by molar-refractivity contribution is 9.10. The summed E-state index contributed by atoms with van der Waals surface area (Å²) in [5, 5.41) is 1.28. The summed E-state index contributed by atoms with van der Waals surface area (Å²) >= 11 is 9.54. The second-order valence-corrected chi connectivity index (χ2v) is 5.68. The maximum Gasteiger partial charge on any atom is 0.257 e. The third-order valence-electron chi connectivity index (χ3n) is 2.94. The summed E-state index contributed by atoms with van der Waals surface area (Å²) in [6.45, 7) is 1.78. The highest BCUT2D eigenvalue weighted by atomic mass is 79.9. The number of H-pyrrole nitrogens is 1. The number of benzene rings is 1. The third kappa shape index (κ3) is 2.34. The van der Waals surface area contributed by atoms with Gasteiger partial charge < -0.3 is 4.98 Å². The Balaban J connectivity index is 2.28. The first-order valence-corrected chi connectivity index (χ1v) is 7.04. The predicted octanol–water partition coefficient (Wildman–Crippen LogP) is 3.71. The summed E-state index contributed by atoms with van der Waals surface area (Å²) in [7, 11) is 0. The second-order valence-electron chi connectivity index (χ2n) is 4.36. The average Bonchev–Trinajstić information content (AvgIpc) is 2.38. The number of hydrogen-bond acceptors (Lipinski definition) is 3. The van der Waals surface area contributed by atoms with Gasteiger partial charge in [0, 0.05) is 32.2 Å². The van der Waals surface area contributed by atoms with Crippen molar-refractivity contribution in [1.29, 1.82) is 0 Å². The number of fused-ring (bicyclic) bond motifs is 1. The zero-order valence-electron chi connectivity index (χ0n) is 10.4. The zero-order valence-corrected chi connectivity index (χ0v) is 12.8. The van der Waals surface area contributed by atoms with Crippen molar-refractivity contribution in [2.75, 3.05) is 0 Å². The van der Waals surface area contributed by atoms with Crippen LogP contribution in [0.3, 0.4) is 0 Å². The Kier molecular flexibility index (Phi) is 3.31. The fourth-order valence-electron chi connectivity index (χ4n) is 1.99. The van der Waals surface area contributed by atoms with Gasteiger partial charge in [0.2, 0.25) is 0 Å². The molecule has 0 amide bonds. The molecule has 3 aromatic rings. The van der Waals surface area contributed by atoms with Crippen molar-refractivity contribution in [2.24, 2.45) is 0 Å². The standard InChI is InChI=1S/C14H9BrClN3O/c1-7-17-6-8-4-11(14(20)19-13(8)18-7)10-3-2-9(15)5-12(10)16/h2-6H,1H3,(H,17,18,19,20). The van der Waals surface area contributed by atoms with E-state index < -0.39 is 0 Å². The van der Waals surface area contributed by atoms with Crippen LogP contribution >= 0.6 is 27.5 Å². The first-order chi connectivity index (χ1) is 9.54. The highest BCUT2D eigenvalue weighted by Crippen LogP contribution is 2.29. The number of halogens is 2. The molecule has 1 N–H and O–H groups in total. The number of nitrogens with zero attached hydrogens (tertiary/aromatic N) is 2. The number of aromatic nitrogens is 3. The van der Waals surface area contributed by atoms with E-state index in [9.17, 15) is 4.79 Å². The van der Waals surface area contributed by atoms with Gasteiger partial charge in [-0.05, 0) is 25.1 Å². The Hall–Kier alpha value is -1.72. The van der Waals surface area contributed by atoms with Crippen molar-refractivity contribution in [1.82, 2.24) is 15.0 Å². The fourth-order valence-corrected chi connectivity index (χ4v) is 2.76. The first kappa shape index (κ1) is 13.3. The summed E-state index contributed by atoms with van der Waals surface area (Å²) in [4.78, 5) is 23.3. The highest BCUT2D eigenvalue weighted by Gasteiger charge is 2.10. The molecule has 0 atom stereocenters. The van der Waals surface area contributed by atoms with Crippen molar-refractivity contribution >= 4 is 38.6 Å². The number of rotatable bonds is 1. The van der Waals surface area contributed by atoms with Gasteiger partial charge in [-0.25, -0.2) is 9.97 Å². The van der Waals surface area contributed by atoms with Crippen LogP contribution in [0.25, 0.3) is 22.2 Å². The Morgan fingerprint density at radius 2 is 2.05 bits per heavy atom. The fraction of sp³-hybridized carbons (Fsp3) is 0.0714. The summed E-state index contributed by atoms with van der Waals surface area (Å²) in [6.07, 6.45) is 1.68. The molecule has 1 aromatic carbocycles. The van der Waals surface area contributed by atoms with E-state index in [-0.39, 0.29) is 5.56 Å². The molecule has 3 rings (SSSR count). The van der Waals surface area contributed by atoms with Gasteiger partial charge in [0.25, 0.3) is 5.56 Å². The van der Waals surface area contributed by atoms with Crippen LogP contribution in [0.1, 0.15) is 5.82 Å². The number of pyridine rings is 1. The molecule has 0 unspecified atom stereocenters. The van der Waals surface area contributed by atoms with E-state index in [4.69, 9.17) is 11.6 Å². The molecule has 2 heterocycles. The molecule has 0 fully saturated rings. The second kappa shape index (κ2) is 5.00. The van der Waals surface area contributed by atoms with E-state index in [0.717, 1.165) is 9.86 Å². The normalized spacial score (nSPS) is 10.9. The number of aryl methyl sites for hydroxylation is 1. The Bertz CT molecular complexity index is 876. The minimum atomic E-state index is -0.222. The SMILES string of the molecule is Cc1ncc2cc(-c3ccc(Br)cc3Cl)c(=O)[nH]c2n1. The van der Waals surface area contributed by atoms with E-state index in [1.807, 2.05) is 6.07 Å². The molecule has 0 saturated carbocycles. The molecule has 0 aliphatic rings. The van der Waals surface area contributed by atoms with Crippen LogP contribution in [0.5, 0.6) is 0 Å². The van der Waals surface area contributed by atoms with E-state index in [0.29, 0.717) is 27.6 Å². The summed E-state index contributed by atoms with van der Waals surface area (Å²) in [5.41, 5.74) is 1.49. The van der Waals surface area contributed by atoms with Crippen LogP contribution in [0.15, 0.2) is 39.7 Å². The van der Waals surface area contributed by atoms with Crippen LogP contribution < -0.4 is 5.56 Å². The number of nitrogens with one attached hydrogen (secondary N) is 1. The smallest absolute Gasteiger partial charge is 0.257 e. The van der Waals surface area contributed by atoms with Crippen molar-refractivity contribution in [3.05, 3.63) is 56.1 Å². The van der Waals surface area contributed by atoms with Crippen LogP contribution in [0.2, 0.25) is 5.02 Å². The third-order valence-corrected chi connectivity index (χ3v) is 3.74. The lowest BCUT2D eigenvalue weighted by Crippen LogP contribution is -2.10.